The molecule has 0 radical (unpaired) electrons. The maximum absolute atomic E-state index is 5.50. The Morgan fingerprint density at radius 3 is 1.78 bits per heavy atom. The van der Waals surface area contributed by atoms with Gasteiger partial charge in [-0.3, -0.25) is 0 Å². The lowest BCUT2D eigenvalue weighted by Crippen LogP contribution is -2.28. The molecule has 0 aromatic rings. The van der Waals surface area contributed by atoms with Crippen molar-refractivity contribution < 1.29 is 18.6 Å². The average molecular weight is 278 g/mol. The molecule has 4 nitrogen and oxygen atoms in total. The SMILES string of the molecule is CCCOCCOCCOCCC[Si](C)(C)OC. The fraction of sp³-hybridized carbons (Fsp3) is 1.00. The Kier molecular flexibility index (Phi) is 12.1. The van der Waals surface area contributed by atoms with Crippen LogP contribution in [0.15, 0.2) is 0 Å². The van der Waals surface area contributed by atoms with Crippen LogP contribution in [0.3, 0.4) is 0 Å². The molecule has 0 atom stereocenters. The molecule has 0 N–H and O–H groups in total. The second-order valence-electron chi connectivity index (χ2n) is 4.90. The monoisotopic (exact) mass is 278 g/mol. The summed E-state index contributed by atoms with van der Waals surface area (Å²) in [7, 11) is 0.408. The van der Waals surface area contributed by atoms with Crippen molar-refractivity contribution in [2.24, 2.45) is 0 Å². The van der Waals surface area contributed by atoms with Gasteiger partial charge in [0, 0.05) is 20.3 Å². The second kappa shape index (κ2) is 12.1. The molecule has 0 spiro atoms. The Balaban J connectivity index is 3.08. The first-order valence-corrected chi connectivity index (χ1v) is 10.0. The van der Waals surface area contributed by atoms with E-state index in [9.17, 15) is 0 Å². The Morgan fingerprint density at radius 1 is 0.778 bits per heavy atom. The van der Waals surface area contributed by atoms with Crippen LogP contribution in [0.25, 0.3) is 0 Å². The zero-order valence-electron chi connectivity index (χ0n) is 12.5. The standard InChI is InChI=1S/C13H30O4Si/c1-5-7-15-9-11-17-12-10-16-8-6-13-18(3,4)14-2/h5-13H2,1-4H3. The van der Waals surface area contributed by atoms with Gasteiger partial charge in [-0.1, -0.05) is 6.92 Å². The van der Waals surface area contributed by atoms with Crippen LogP contribution in [0.5, 0.6) is 0 Å². The van der Waals surface area contributed by atoms with E-state index in [1.807, 2.05) is 7.11 Å². The number of rotatable bonds is 13. The minimum atomic E-state index is -1.40. The van der Waals surface area contributed by atoms with Gasteiger partial charge in [-0.25, -0.2) is 0 Å². The van der Waals surface area contributed by atoms with Crippen LogP contribution in [-0.4, -0.2) is 55.1 Å². The van der Waals surface area contributed by atoms with Crippen LogP contribution in [-0.2, 0) is 18.6 Å². The van der Waals surface area contributed by atoms with Crippen molar-refractivity contribution in [1.82, 2.24) is 0 Å². The van der Waals surface area contributed by atoms with Crippen LogP contribution < -0.4 is 0 Å². The number of ether oxygens (including phenoxy) is 3. The Hall–Kier alpha value is 0.0569. The molecular formula is C13H30O4Si. The lowest BCUT2D eigenvalue weighted by atomic mass is 10.5. The molecule has 110 valence electrons. The fourth-order valence-corrected chi connectivity index (χ4v) is 2.59. The van der Waals surface area contributed by atoms with Gasteiger partial charge in [-0.15, -0.1) is 0 Å². The van der Waals surface area contributed by atoms with Gasteiger partial charge >= 0.3 is 0 Å². The van der Waals surface area contributed by atoms with Crippen LogP contribution in [0.2, 0.25) is 19.1 Å². The van der Waals surface area contributed by atoms with Crippen molar-refractivity contribution in [3.05, 3.63) is 0 Å². The topological polar surface area (TPSA) is 36.9 Å². The first-order chi connectivity index (χ1) is 8.62. The summed E-state index contributed by atoms with van der Waals surface area (Å²) in [4.78, 5) is 0. The molecule has 0 heterocycles. The Morgan fingerprint density at radius 2 is 1.28 bits per heavy atom. The third-order valence-electron chi connectivity index (χ3n) is 2.71. The summed E-state index contributed by atoms with van der Waals surface area (Å²) in [6.07, 6.45) is 2.14. The zero-order valence-corrected chi connectivity index (χ0v) is 13.5. The highest BCUT2D eigenvalue weighted by atomic mass is 28.4. The van der Waals surface area contributed by atoms with E-state index in [0.29, 0.717) is 26.4 Å². The van der Waals surface area contributed by atoms with Crippen molar-refractivity contribution >= 4 is 8.32 Å². The summed E-state index contributed by atoms with van der Waals surface area (Å²) in [5.41, 5.74) is 0. The van der Waals surface area contributed by atoms with E-state index in [1.165, 1.54) is 0 Å². The maximum Gasteiger partial charge on any atom is 0.186 e. The van der Waals surface area contributed by atoms with Gasteiger partial charge in [0.05, 0.1) is 26.4 Å². The predicted octanol–water partition coefficient (Wildman–Crippen LogP) is 2.69. The zero-order chi connectivity index (χ0) is 13.7. The summed E-state index contributed by atoms with van der Waals surface area (Å²) in [5.74, 6) is 0. The van der Waals surface area contributed by atoms with Gasteiger partial charge in [0.2, 0.25) is 0 Å². The molecule has 0 aliphatic heterocycles. The summed E-state index contributed by atoms with van der Waals surface area (Å²) in [6, 6.07) is 1.15. The third-order valence-corrected chi connectivity index (χ3v) is 5.38. The summed E-state index contributed by atoms with van der Waals surface area (Å²) in [5, 5.41) is 0. The predicted molar refractivity (Wildman–Crippen MR) is 76.7 cm³/mol. The summed E-state index contributed by atoms with van der Waals surface area (Å²) < 4.78 is 21.7. The van der Waals surface area contributed by atoms with E-state index in [2.05, 4.69) is 20.0 Å². The van der Waals surface area contributed by atoms with E-state index in [-0.39, 0.29) is 0 Å². The van der Waals surface area contributed by atoms with Gasteiger partial charge in [0.1, 0.15) is 0 Å². The minimum Gasteiger partial charge on any atom is -0.420 e. The van der Waals surface area contributed by atoms with Gasteiger partial charge in [0.25, 0.3) is 0 Å². The smallest absolute Gasteiger partial charge is 0.186 e. The van der Waals surface area contributed by atoms with E-state index in [1.54, 1.807) is 0 Å². The van der Waals surface area contributed by atoms with Gasteiger partial charge < -0.3 is 18.6 Å². The Bertz CT molecular complexity index is 176. The molecule has 0 aliphatic carbocycles. The van der Waals surface area contributed by atoms with Gasteiger partial charge in [0.15, 0.2) is 8.32 Å². The maximum atomic E-state index is 5.50. The largest absolute Gasteiger partial charge is 0.420 e. The van der Waals surface area contributed by atoms with Gasteiger partial charge in [-0.2, -0.15) is 0 Å². The Labute approximate surface area is 113 Å². The first kappa shape index (κ1) is 18.1. The van der Waals surface area contributed by atoms with Crippen molar-refractivity contribution in [2.75, 3.05) is 46.8 Å². The lowest BCUT2D eigenvalue weighted by molar-refractivity contribution is 0.0147. The quantitative estimate of drug-likeness (QED) is 0.383. The normalized spacial score (nSPS) is 12.0. The van der Waals surface area contributed by atoms with Crippen LogP contribution >= 0.6 is 0 Å². The number of hydrogen-bond donors (Lipinski definition) is 0. The molecule has 0 aromatic carbocycles. The highest BCUT2D eigenvalue weighted by molar-refractivity contribution is 6.71. The van der Waals surface area contributed by atoms with E-state index in [4.69, 9.17) is 18.6 Å². The molecule has 0 aromatic heterocycles. The summed E-state index contributed by atoms with van der Waals surface area (Å²) in [6.45, 7) is 10.8. The average Bonchev–Trinajstić information content (AvgIpc) is 2.36. The molecule has 0 fully saturated rings. The van der Waals surface area contributed by atoms with E-state index < -0.39 is 8.32 Å². The molecule has 0 amide bonds. The van der Waals surface area contributed by atoms with Crippen LogP contribution in [0.4, 0.5) is 0 Å². The molecule has 0 saturated heterocycles. The van der Waals surface area contributed by atoms with Crippen molar-refractivity contribution in [3.63, 3.8) is 0 Å². The van der Waals surface area contributed by atoms with E-state index in [0.717, 1.165) is 32.1 Å². The van der Waals surface area contributed by atoms with Crippen LogP contribution in [0.1, 0.15) is 19.8 Å². The fourth-order valence-electron chi connectivity index (χ4n) is 1.39. The molecule has 0 aliphatic rings. The minimum absolute atomic E-state index is 0.653. The number of hydrogen-bond acceptors (Lipinski definition) is 4. The van der Waals surface area contributed by atoms with Crippen molar-refractivity contribution in [2.45, 2.75) is 38.9 Å². The molecule has 0 rings (SSSR count). The highest BCUT2D eigenvalue weighted by Gasteiger charge is 2.19. The first-order valence-electron chi connectivity index (χ1n) is 6.91. The van der Waals surface area contributed by atoms with Gasteiger partial charge in [-0.05, 0) is 32.0 Å². The highest BCUT2D eigenvalue weighted by Crippen LogP contribution is 2.11. The van der Waals surface area contributed by atoms with Crippen molar-refractivity contribution in [3.8, 4) is 0 Å². The second-order valence-corrected chi connectivity index (χ2v) is 9.33. The van der Waals surface area contributed by atoms with E-state index >= 15 is 0 Å². The molecule has 18 heavy (non-hydrogen) atoms. The molecule has 0 bridgehead atoms. The molecule has 0 saturated carbocycles. The summed E-state index contributed by atoms with van der Waals surface area (Å²) >= 11 is 0. The third kappa shape index (κ3) is 12.5. The van der Waals surface area contributed by atoms with Crippen LogP contribution in [0, 0.1) is 0 Å². The molecular weight excluding hydrogens is 248 g/mol. The molecule has 0 unspecified atom stereocenters. The molecule has 5 heteroatoms. The lowest BCUT2D eigenvalue weighted by Gasteiger charge is -2.19. The van der Waals surface area contributed by atoms with Crippen molar-refractivity contribution in [1.29, 1.82) is 0 Å².